The van der Waals surface area contributed by atoms with Gasteiger partial charge in [-0.3, -0.25) is 0 Å². The quantitative estimate of drug-likeness (QED) is 0.585. The van der Waals surface area contributed by atoms with Crippen LogP contribution in [0.3, 0.4) is 0 Å². The Morgan fingerprint density at radius 2 is 1.75 bits per heavy atom. The van der Waals surface area contributed by atoms with E-state index in [0.717, 1.165) is 16.9 Å². The minimum atomic E-state index is -0.383. The molecular formula is C22H24N4O2. The number of aryl methyl sites for hydroxylation is 3. The predicted molar refractivity (Wildman–Crippen MR) is 112 cm³/mol. The van der Waals surface area contributed by atoms with Crippen LogP contribution in [0.15, 0.2) is 48.5 Å². The van der Waals surface area contributed by atoms with Crippen LogP contribution < -0.4 is 10.6 Å². The molecule has 6 nitrogen and oxygen atoms in total. The Hall–Kier alpha value is -3.41. The second kappa shape index (κ2) is 8.52. The number of aromatic nitrogens is 2. The van der Waals surface area contributed by atoms with Crippen molar-refractivity contribution in [1.82, 2.24) is 9.97 Å². The third-order valence-corrected chi connectivity index (χ3v) is 4.17. The molecule has 1 heterocycles. The summed E-state index contributed by atoms with van der Waals surface area (Å²) in [4.78, 5) is 21.2. The molecule has 0 radical (unpaired) electrons. The van der Waals surface area contributed by atoms with Crippen molar-refractivity contribution in [2.24, 2.45) is 0 Å². The SMILES string of the molecule is CCOC(=O)c1ccccc1Nc1nc(C)cc(Nc2ccc(C)cc2C)n1. The van der Waals surface area contributed by atoms with Crippen LogP contribution in [0.4, 0.5) is 23.1 Å². The van der Waals surface area contributed by atoms with Gasteiger partial charge in [0.2, 0.25) is 5.95 Å². The van der Waals surface area contributed by atoms with Crippen molar-refractivity contribution in [1.29, 1.82) is 0 Å². The predicted octanol–water partition coefficient (Wildman–Crippen LogP) is 5.07. The summed E-state index contributed by atoms with van der Waals surface area (Å²) >= 11 is 0. The van der Waals surface area contributed by atoms with Crippen molar-refractivity contribution in [3.05, 3.63) is 70.9 Å². The van der Waals surface area contributed by atoms with E-state index < -0.39 is 0 Å². The fraction of sp³-hybridized carbons (Fsp3) is 0.227. The third-order valence-electron chi connectivity index (χ3n) is 4.17. The van der Waals surface area contributed by atoms with Gasteiger partial charge in [0.25, 0.3) is 0 Å². The highest BCUT2D eigenvalue weighted by molar-refractivity contribution is 5.96. The Bertz CT molecular complexity index is 1000. The van der Waals surface area contributed by atoms with Gasteiger partial charge in [-0.25, -0.2) is 9.78 Å². The Kier molecular flexibility index (Phi) is 5.89. The standard InChI is InChI=1S/C22H24N4O2/c1-5-28-21(27)17-8-6-7-9-19(17)25-22-23-16(4)13-20(26-22)24-18-11-10-14(2)12-15(18)3/h6-13H,5H2,1-4H3,(H2,23,24,25,26). The Balaban J connectivity index is 1.87. The zero-order valence-corrected chi connectivity index (χ0v) is 16.5. The summed E-state index contributed by atoms with van der Waals surface area (Å²) in [5, 5.41) is 6.48. The van der Waals surface area contributed by atoms with E-state index in [-0.39, 0.29) is 5.97 Å². The number of hydrogen-bond donors (Lipinski definition) is 2. The second-order valence-corrected chi connectivity index (χ2v) is 6.55. The molecular weight excluding hydrogens is 352 g/mol. The van der Waals surface area contributed by atoms with Crippen molar-refractivity contribution in [2.45, 2.75) is 27.7 Å². The maximum absolute atomic E-state index is 12.2. The van der Waals surface area contributed by atoms with Gasteiger partial charge < -0.3 is 15.4 Å². The molecule has 0 atom stereocenters. The third kappa shape index (κ3) is 4.65. The molecule has 28 heavy (non-hydrogen) atoms. The minimum absolute atomic E-state index is 0.318. The first-order chi connectivity index (χ1) is 13.5. The van der Waals surface area contributed by atoms with Crippen LogP contribution in [0.1, 0.15) is 34.1 Å². The first kappa shape index (κ1) is 19.4. The molecule has 2 aromatic carbocycles. The largest absolute Gasteiger partial charge is 0.462 e. The average molecular weight is 376 g/mol. The highest BCUT2D eigenvalue weighted by Crippen LogP contribution is 2.24. The first-order valence-electron chi connectivity index (χ1n) is 9.19. The molecule has 0 aliphatic rings. The van der Waals surface area contributed by atoms with Gasteiger partial charge >= 0.3 is 5.97 Å². The molecule has 0 bridgehead atoms. The lowest BCUT2D eigenvalue weighted by Gasteiger charge is -2.13. The normalized spacial score (nSPS) is 10.4. The van der Waals surface area contributed by atoms with Gasteiger partial charge in [-0.05, 0) is 51.5 Å². The molecule has 0 saturated heterocycles. The zero-order chi connectivity index (χ0) is 20.1. The van der Waals surface area contributed by atoms with E-state index in [1.165, 1.54) is 5.56 Å². The van der Waals surface area contributed by atoms with Crippen molar-refractivity contribution in [3.63, 3.8) is 0 Å². The highest BCUT2D eigenvalue weighted by Gasteiger charge is 2.13. The molecule has 0 spiro atoms. The van der Waals surface area contributed by atoms with Crippen molar-refractivity contribution in [2.75, 3.05) is 17.2 Å². The van der Waals surface area contributed by atoms with E-state index in [2.05, 4.69) is 46.6 Å². The molecule has 0 saturated carbocycles. The van der Waals surface area contributed by atoms with E-state index in [0.29, 0.717) is 29.6 Å². The molecule has 0 amide bonds. The van der Waals surface area contributed by atoms with Crippen LogP contribution in [0, 0.1) is 20.8 Å². The number of esters is 1. The molecule has 144 valence electrons. The Morgan fingerprint density at radius 1 is 0.964 bits per heavy atom. The molecule has 3 rings (SSSR count). The van der Waals surface area contributed by atoms with Gasteiger partial charge in [-0.15, -0.1) is 0 Å². The topological polar surface area (TPSA) is 76.1 Å². The number of anilines is 4. The van der Waals surface area contributed by atoms with E-state index in [9.17, 15) is 4.79 Å². The summed E-state index contributed by atoms with van der Waals surface area (Å²) in [5.74, 6) is 0.700. The molecule has 0 unspecified atom stereocenters. The smallest absolute Gasteiger partial charge is 0.340 e. The van der Waals surface area contributed by atoms with Crippen molar-refractivity contribution >= 4 is 29.1 Å². The first-order valence-corrected chi connectivity index (χ1v) is 9.19. The number of para-hydroxylation sites is 1. The molecule has 6 heteroatoms. The van der Waals surface area contributed by atoms with E-state index in [1.807, 2.05) is 25.1 Å². The lowest BCUT2D eigenvalue weighted by molar-refractivity contribution is 0.0527. The van der Waals surface area contributed by atoms with Gasteiger partial charge in [0.05, 0.1) is 17.9 Å². The maximum Gasteiger partial charge on any atom is 0.340 e. The Labute approximate surface area is 165 Å². The van der Waals surface area contributed by atoms with E-state index in [4.69, 9.17) is 4.74 Å². The zero-order valence-electron chi connectivity index (χ0n) is 16.5. The van der Waals surface area contributed by atoms with Crippen LogP contribution in [0.5, 0.6) is 0 Å². The average Bonchev–Trinajstić information content (AvgIpc) is 2.64. The molecule has 0 aliphatic carbocycles. The molecule has 2 N–H and O–H groups in total. The fourth-order valence-electron chi connectivity index (χ4n) is 2.88. The van der Waals surface area contributed by atoms with E-state index in [1.54, 1.807) is 25.1 Å². The van der Waals surface area contributed by atoms with Gasteiger partial charge in [0.1, 0.15) is 5.82 Å². The Morgan fingerprint density at radius 3 is 2.50 bits per heavy atom. The maximum atomic E-state index is 12.2. The van der Waals surface area contributed by atoms with Gasteiger partial charge in [-0.1, -0.05) is 29.8 Å². The van der Waals surface area contributed by atoms with Gasteiger partial charge in [0.15, 0.2) is 0 Å². The van der Waals surface area contributed by atoms with E-state index >= 15 is 0 Å². The molecule has 3 aromatic rings. The monoisotopic (exact) mass is 376 g/mol. The number of benzene rings is 2. The minimum Gasteiger partial charge on any atom is -0.462 e. The summed E-state index contributed by atoms with van der Waals surface area (Å²) < 4.78 is 5.12. The summed E-state index contributed by atoms with van der Waals surface area (Å²) in [6.45, 7) is 8.12. The number of rotatable bonds is 6. The lowest BCUT2D eigenvalue weighted by atomic mass is 10.1. The number of hydrogen-bond acceptors (Lipinski definition) is 6. The number of nitrogens with one attached hydrogen (secondary N) is 2. The van der Waals surface area contributed by atoms with Crippen LogP contribution in [-0.2, 0) is 4.74 Å². The summed E-state index contributed by atoms with van der Waals surface area (Å²) in [5.41, 5.74) is 5.18. The highest BCUT2D eigenvalue weighted by atomic mass is 16.5. The van der Waals surface area contributed by atoms with Crippen molar-refractivity contribution in [3.8, 4) is 0 Å². The van der Waals surface area contributed by atoms with Gasteiger partial charge in [0, 0.05) is 17.4 Å². The van der Waals surface area contributed by atoms with Crippen LogP contribution in [-0.4, -0.2) is 22.5 Å². The summed E-state index contributed by atoms with van der Waals surface area (Å²) in [6, 6.07) is 15.2. The number of ether oxygens (including phenoxy) is 1. The summed E-state index contributed by atoms with van der Waals surface area (Å²) in [7, 11) is 0. The van der Waals surface area contributed by atoms with Crippen LogP contribution >= 0.6 is 0 Å². The lowest BCUT2D eigenvalue weighted by Crippen LogP contribution is -2.09. The van der Waals surface area contributed by atoms with Crippen LogP contribution in [0.2, 0.25) is 0 Å². The summed E-state index contributed by atoms with van der Waals surface area (Å²) in [6.07, 6.45) is 0. The number of nitrogens with zero attached hydrogens (tertiary/aromatic N) is 2. The van der Waals surface area contributed by atoms with Crippen molar-refractivity contribution < 1.29 is 9.53 Å². The number of carbonyl (C=O) groups is 1. The molecule has 0 fully saturated rings. The van der Waals surface area contributed by atoms with Gasteiger partial charge in [-0.2, -0.15) is 4.98 Å². The molecule has 1 aromatic heterocycles. The number of carbonyl (C=O) groups excluding carboxylic acids is 1. The fourth-order valence-corrected chi connectivity index (χ4v) is 2.88. The van der Waals surface area contributed by atoms with Crippen LogP contribution in [0.25, 0.3) is 0 Å². The second-order valence-electron chi connectivity index (χ2n) is 6.55. The molecule has 0 aliphatic heterocycles.